The van der Waals surface area contributed by atoms with Crippen LogP contribution in [0, 0.1) is 0 Å². The first-order chi connectivity index (χ1) is 14.6. The monoisotopic (exact) mass is 478 g/mol. The van der Waals surface area contributed by atoms with E-state index in [1.165, 1.54) is 6.07 Å². The molecule has 5 heteroatoms. The van der Waals surface area contributed by atoms with E-state index in [0.717, 1.165) is 19.2 Å². The summed E-state index contributed by atoms with van der Waals surface area (Å²) in [7, 11) is -2.39. The highest BCUT2D eigenvalue weighted by Crippen LogP contribution is 2.69. The van der Waals surface area contributed by atoms with Crippen molar-refractivity contribution in [1.82, 2.24) is 0 Å². The van der Waals surface area contributed by atoms with Crippen LogP contribution in [0.3, 0.4) is 0 Å². The molecular formula is C25H19BrO3S. The average Bonchev–Trinajstić information content (AvgIpc) is 2.79. The Morgan fingerprint density at radius 3 is 1.67 bits per heavy atom. The number of carbonyl (C=O) groups is 1. The van der Waals surface area contributed by atoms with Gasteiger partial charge in [0.25, 0.3) is 0 Å². The van der Waals surface area contributed by atoms with Crippen LogP contribution in [0.15, 0.2) is 128 Å². The fraction of sp³-hybridized carbons (Fsp3) is 0. The summed E-state index contributed by atoms with van der Waals surface area (Å²) < 4.78 is 7.31. The molecule has 0 heterocycles. The van der Waals surface area contributed by atoms with Crippen LogP contribution in [0.25, 0.3) is 0 Å². The molecule has 0 unspecified atom stereocenters. The molecule has 0 aromatic heterocycles. The summed E-state index contributed by atoms with van der Waals surface area (Å²) in [4.78, 5) is 16.0. The molecule has 30 heavy (non-hydrogen) atoms. The van der Waals surface area contributed by atoms with Gasteiger partial charge in [-0.05, 0) is 71.0 Å². The zero-order valence-corrected chi connectivity index (χ0v) is 18.3. The van der Waals surface area contributed by atoms with E-state index in [0.29, 0.717) is 0 Å². The number of halogens is 1. The predicted octanol–water partition coefficient (Wildman–Crippen LogP) is 7.21. The minimum absolute atomic E-state index is 0.104. The zero-order valence-electron chi connectivity index (χ0n) is 15.9. The fourth-order valence-corrected chi connectivity index (χ4v) is 6.49. The minimum atomic E-state index is -2.39. The summed E-state index contributed by atoms with van der Waals surface area (Å²) in [6, 6.07) is 33.8. The van der Waals surface area contributed by atoms with Gasteiger partial charge in [-0.2, -0.15) is 0 Å². The highest BCUT2D eigenvalue weighted by Gasteiger charge is 2.36. The lowest BCUT2D eigenvalue weighted by molar-refractivity contribution is 0.0754. The van der Waals surface area contributed by atoms with Crippen molar-refractivity contribution in [3.05, 3.63) is 119 Å². The summed E-state index contributed by atoms with van der Waals surface area (Å²) in [5, 5.41) is 10.2. The molecular weight excluding hydrogens is 460 g/mol. The highest BCUT2D eigenvalue weighted by atomic mass is 79.9. The normalized spacial score (nSPS) is 11.6. The van der Waals surface area contributed by atoms with Crippen LogP contribution < -0.4 is 0 Å². The van der Waals surface area contributed by atoms with Crippen molar-refractivity contribution >= 4 is 32.2 Å². The lowest BCUT2D eigenvalue weighted by Crippen LogP contribution is -2.14. The molecule has 3 nitrogen and oxygen atoms in total. The van der Waals surface area contributed by atoms with Crippen molar-refractivity contribution in [3.63, 3.8) is 0 Å². The Kier molecular flexibility index (Phi) is 5.93. The average molecular weight is 479 g/mol. The predicted molar refractivity (Wildman–Crippen MR) is 123 cm³/mol. The van der Waals surface area contributed by atoms with Gasteiger partial charge in [0.05, 0.1) is 0 Å². The van der Waals surface area contributed by atoms with E-state index < -0.39 is 16.3 Å². The summed E-state index contributed by atoms with van der Waals surface area (Å²) >= 11 is 3.49. The van der Waals surface area contributed by atoms with Gasteiger partial charge in [0.15, 0.2) is 0 Å². The van der Waals surface area contributed by atoms with Crippen LogP contribution in [0.5, 0.6) is 5.75 Å². The molecule has 0 fully saturated rings. The largest absolute Gasteiger partial charge is 0.507 e. The summed E-state index contributed by atoms with van der Waals surface area (Å²) in [6.45, 7) is 0. The molecule has 4 rings (SSSR count). The number of phenolic OH excluding ortho intramolecular Hbond substituents is 1. The van der Waals surface area contributed by atoms with E-state index in [1.807, 2.05) is 84.9 Å². The summed E-state index contributed by atoms with van der Waals surface area (Å²) in [5.41, 5.74) is 0.137. The molecule has 0 amide bonds. The molecule has 0 bridgehead atoms. The van der Waals surface area contributed by atoms with Crippen LogP contribution in [-0.4, -0.2) is 11.1 Å². The number of hydrogen-bond acceptors (Lipinski definition) is 3. The molecule has 0 aliphatic rings. The Morgan fingerprint density at radius 2 is 1.13 bits per heavy atom. The van der Waals surface area contributed by atoms with E-state index in [4.69, 9.17) is 4.18 Å². The Hall–Kier alpha value is -3.02. The third kappa shape index (κ3) is 3.86. The van der Waals surface area contributed by atoms with E-state index >= 15 is 0 Å². The van der Waals surface area contributed by atoms with Gasteiger partial charge < -0.3 is 9.29 Å². The molecule has 0 saturated heterocycles. The van der Waals surface area contributed by atoms with Crippen LogP contribution in [0.2, 0.25) is 0 Å². The van der Waals surface area contributed by atoms with Gasteiger partial charge in [0, 0.05) is 19.2 Å². The molecule has 0 aliphatic carbocycles. The van der Waals surface area contributed by atoms with Crippen molar-refractivity contribution in [1.29, 1.82) is 0 Å². The van der Waals surface area contributed by atoms with E-state index in [-0.39, 0.29) is 11.3 Å². The van der Waals surface area contributed by atoms with E-state index in [9.17, 15) is 9.90 Å². The van der Waals surface area contributed by atoms with Crippen LogP contribution in [0.1, 0.15) is 10.4 Å². The van der Waals surface area contributed by atoms with Gasteiger partial charge in [-0.1, -0.05) is 64.5 Å². The second kappa shape index (κ2) is 8.78. The lowest BCUT2D eigenvalue weighted by atomic mass is 10.2. The minimum Gasteiger partial charge on any atom is -0.507 e. The maximum Gasteiger partial charge on any atom is 0.353 e. The first-order valence-corrected chi connectivity index (χ1v) is 11.7. The van der Waals surface area contributed by atoms with Crippen molar-refractivity contribution in [2.75, 3.05) is 0 Å². The van der Waals surface area contributed by atoms with Gasteiger partial charge in [-0.25, -0.2) is 4.79 Å². The van der Waals surface area contributed by atoms with Crippen molar-refractivity contribution in [2.24, 2.45) is 0 Å². The molecule has 4 aromatic carbocycles. The van der Waals surface area contributed by atoms with Gasteiger partial charge in [0.2, 0.25) is 0 Å². The second-order valence-electron chi connectivity index (χ2n) is 6.52. The number of para-hydroxylation sites is 1. The first-order valence-electron chi connectivity index (χ1n) is 9.32. The van der Waals surface area contributed by atoms with Gasteiger partial charge in [-0.15, -0.1) is 0 Å². The summed E-state index contributed by atoms with van der Waals surface area (Å²) in [5.74, 6) is -0.675. The van der Waals surface area contributed by atoms with Crippen LogP contribution in [0.4, 0.5) is 0 Å². The van der Waals surface area contributed by atoms with Gasteiger partial charge in [-0.3, -0.25) is 0 Å². The Labute approximate surface area is 185 Å². The Balaban J connectivity index is 1.96. The third-order valence-corrected chi connectivity index (χ3v) is 8.36. The molecule has 0 spiro atoms. The maximum absolute atomic E-state index is 13.3. The topological polar surface area (TPSA) is 46.5 Å². The van der Waals surface area contributed by atoms with Crippen molar-refractivity contribution < 1.29 is 14.1 Å². The number of benzene rings is 4. The second-order valence-corrected chi connectivity index (χ2v) is 10.1. The molecule has 0 radical (unpaired) electrons. The van der Waals surface area contributed by atoms with Crippen LogP contribution >= 0.6 is 26.2 Å². The highest BCUT2D eigenvalue weighted by molar-refractivity contribution is 9.10. The number of rotatable bonds is 5. The number of phenols is 1. The zero-order chi connectivity index (χ0) is 21.0. The van der Waals surface area contributed by atoms with Crippen molar-refractivity contribution in [2.45, 2.75) is 14.7 Å². The number of hydrogen-bond donors (Lipinski definition) is 1. The third-order valence-electron chi connectivity index (χ3n) is 4.62. The standard InChI is InChI=1S/C25H19BrO3S/c26-19-15-17-22(18-16-19)30(20-9-3-1-4-10-20,21-11-5-2-6-12-21)29-25(28)23-13-7-8-14-24(23)27/h1-18,27H. The number of carbonyl (C=O) groups excluding carboxylic acids is 1. The van der Waals surface area contributed by atoms with E-state index in [1.54, 1.807) is 18.2 Å². The quantitative estimate of drug-likeness (QED) is 0.329. The molecule has 0 aliphatic heterocycles. The fourth-order valence-electron chi connectivity index (χ4n) is 3.21. The Bertz CT molecular complexity index is 1110. The van der Waals surface area contributed by atoms with Crippen LogP contribution in [-0.2, 0) is 4.18 Å². The first kappa shape index (κ1) is 20.3. The molecule has 0 saturated carbocycles. The smallest absolute Gasteiger partial charge is 0.353 e. The molecule has 4 aromatic rings. The van der Waals surface area contributed by atoms with Gasteiger partial charge >= 0.3 is 5.97 Å². The molecule has 150 valence electrons. The maximum atomic E-state index is 13.3. The SMILES string of the molecule is O=C(OS(c1ccccc1)(c1ccccc1)c1ccc(Br)cc1)c1ccccc1O. The Morgan fingerprint density at radius 1 is 0.667 bits per heavy atom. The summed E-state index contributed by atoms with van der Waals surface area (Å²) in [6.07, 6.45) is 0. The van der Waals surface area contributed by atoms with Gasteiger partial charge in [0.1, 0.15) is 11.3 Å². The van der Waals surface area contributed by atoms with Crippen molar-refractivity contribution in [3.8, 4) is 5.75 Å². The number of aromatic hydroxyl groups is 1. The molecule has 1 N–H and O–H groups in total. The van der Waals surface area contributed by atoms with E-state index in [2.05, 4.69) is 15.9 Å². The lowest BCUT2D eigenvalue weighted by Gasteiger charge is -2.39. The molecule has 0 atom stereocenters.